The predicted molar refractivity (Wildman–Crippen MR) is 73.4 cm³/mol. The third-order valence-corrected chi connectivity index (χ3v) is 3.86. The molecule has 22 heavy (non-hydrogen) atoms. The van der Waals surface area contributed by atoms with Crippen molar-refractivity contribution in [1.29, 1.82) is 0 Å². The first kappa shape index (κ1) is 14.6. The average Bonchev–Trinajstić information content (AvgIpc) is 3.01. The number of ether oxygens (including phenoxy) is 2. The number of hydrogen-bond acceptors (Lipinski definition) is 6. The minimum atomic E-state index is -0.832. The highest BCUT2D eigenvalue weighted by Gasteiger charge is 2.42. The summed E-state index contributed by atoms with van der Waals surface area (Å²) in [5.74, 6) is -2.00. The van der Waals surface area contributed by atoms with E-state index in [0.29, 0.717) is 19.6 Å². The number of hydrogen-bond donors (Lipinski definition) is 0. The zero-order valence-corrected chi connectivity index (χ0v) is 11.9. The topological polar surface area (TPSA) is 99.0 Å². The second-order valence-electron chi connectivity index (χ2n) is 5.30. The summed E-state index contributed by atoms with van der Waals surface area (Å²) in [4.78, 5) is 36.0. The zero-order valence-electron chi connectivity index (χ0n) is 11.9. The Hall–Kier alpha value is -2.32. The molecule has 1 aromatic rings. The number of amides is 2. The molecule has 0 aromatic heterocycles. The number of nitro benzene ring substituents is 1. The van der Waals surface area contributed by atoms with Crippen LogP contribution in [0.5, 0.6) is 0 Å². The van der Waals surface area contributed by atoms with Gasteiger partial charge in [-0.2, -0.15) is 0 Å². The van der Waals surface area contributed by atoms with Crippen LogP contribution in [0.3, 0.4) is 0 Å². The van der Waals surface area contributed by atoms with E-state index in [9.17, 15) is 19.7 Å². The molecule has 0 N–H and O–H groups in total. The molecule has 1 saturated heterocycles. The van der Waals surface area contributed by atoms with Crippen molar-refractivity contribution in [1.82, 2.24) is 4.90 Å². The Kier molecular flexibility index (Phi) is 3.42. The van der Waals surface area contributed by atoms with Crippen molar-refractivity contribution in [2.24, 2.45) is 0 Å². The molecule has 0 spiro atoms. The second kappa shape index (κ2) is 5.15. The van der Waals surface area contributed by atoms with Gasteiger partial charge in [-0.05, 0) is 13.0 Å². The summed E-state index contributed by atoms with van der Waals surface area (Å²) in [6.45, 7) is 2.74. The van der Waals surface area contributed by atoms with Crippen LogP contribution in [0, 0.1) is 10.1 Å². The van der Waals surface area contributed by atoms with Crippen LogP contribution in [0.15, 0.2) is 18.2 Å². The van der Waals surface area contributed by atoms with Crippen molar-refractivity contribution in [3.8, 4) is 0 Å². The van der Waals surface area contributed by atoms with Gasteiger partial charge in [-0.25, -0.2) is 0 Å². The SMILES string of the molecule is CC1(CCN2C(=O)c3cccc([N+](=O)[O-])c3C2=O)OCCO1. The maximum absolute atomic E-state index is 12.4. The first-order chi connectivity index (χ1) is 10.4. The summed E-state index contributed by atoms with van der Waals surface area (Å²) in [6.07, 6.45) is 0.312. The molecule has 0 saturated carbocycles. The zero-order chi connectivity index (χ0) is 15.9. The number of rotatable bonds is 4. The molecule has 0 unspecified atom stereocenters. The monoisotopic (exact) mass is 306 g/mol. The van der Waals surface area contributed by atoms with Crippen molar-refractivity contribution < 1.29 is 24.0 Å². The summed E-state index contributed by atoms with van der Waals surface area (Å²) >= 11 is 0. The summed E-state index contributed by atoms with van der Waals surface area (Å²) in [5.41, 5.74) is -0.425. The minimum Gasteiger partial charge on any atom is -0.348 e. The molecule has 0 bridgehead atoms. The van der Waals surface area contributed by atoms with Crippen molar-refractivity contribution >= 4 is 17.5 Å². The molecule has 0 atom stereocenters. The van der Waals surface area contributed by atoms with E-state index >= 15 is 0 Å². The average molecular weight is 306 g/mol. The van der Waals surface area contributed by atoms with Gasteiger partial charge in [0.2, 0.25) is 0 Å². The van der Waals surface area contributed by atoms with Crippen LogP contribution in [0.1, 0.15) is 34.1 Å². The van der Waals surface area contributed by atoms with Crippen LogP contribution in [0.25, 0.3) is 0 Å². The Morgan fingerprint density at radius 3 is 2.59 bits per heavy atom. The van der Waals surface area contributed by atoms with Crippen molar-refractivity contribution in [2.75, 3.05) is 19.8 Å². The third kappa shape index (κ3) is 2.26. The Morgan fingerprint density at radius 2 is 1.95 bits per heavy atom. The molecule has 8 nitrogen and oxygen atoms in total. The highest BCUT2D eigenvalue weighted by molar-refractivity contribution is 6.23. The maximum Gasteiger partial charge on any atom is 0.282 e. The molecule has 2 aliphatic rings. The van der Waals surface area contributed by atoms with E-state index in [0.717, 1.165) is 4.90 Å². The molecule has 2 amide bonds. The van der Waals surface area contributed by atoms with Gasteiger partial charge < -0.3 is 9.47 Å². The fourth-order valence-electron chi connectivity index (χ4n) is 2.69. The van der Waals surface area contributed by atoms with E-state index in [-0.39, 0.29) is 23.4 Å². The van der Waals surface area contributed by atoms with E-state index < -0.39 is 22.5 Å². The molecule has 3 rings (SSSR count). The summed E-state index contributed by atoms with van der Waals surface area (Å²) in [5, 5.41) is 11.0. The second-order valence-corrected chi connectivity index (χ2v) is 5.30. The lowest BCUT2D eigenvalue weighted by atomic mass is 10.1. The van der Waals surface area contributed by atoms with E-state index in [1.807, 2.05) is 0 Å². The Morgan fingerprint density at radius 1 is 1.27 bits per heavy atom. The van der Waals surface area contributed by atoms with Crippen LogP contribution in [0.4, 0.5) is 5.69 Å². The highest BCUT2D eigenvalue weighted by Crippen LogP contribution is 2.32. The van der Waals surface area contributed by atoms with E-state index in [4.69, 9.17) is 9.47 Å². The molecule has 2 aliphatic heterocycles. The van der Waals surface area contributed by atoms with Gasteiger partial charge in [0.1, 0.15) is 5.56 Å². The molecule has 2 heterocycles. The Bertz CT molecular complexity index is 665. The van der Waals surface area contributed by atoms with Gasteiger partial charge >= 0.3 is 0 Å². The van der Waals surface area contributed by atoms with E-state index in [1.54, 1.807) is 6.92 Å². The standard InChI is InChI=1S/C14H14N2O6/c1-14(21-7-8-22-14)5-6-15-12(17)9-3-2-4-10(16(19)20)11(9)13(15)18/h2-4H,5-8H2,1H3. The number of nitrogens with zero attached hydrogens (tertiary/aromatic N) is 2. The Balaban J connectivity index is 1.84. The normalized spacial score (nSPS) is 19.6. The van der Waals surface area contributed by atoms with Gasteiger partial charge in [0.25, 0.3) is 17.5 Å². The number of nitro groups is 1. The molecule has 116 valence electrons. The molecule has 8 heteroatoms. The maximum atomic E-state index is 12.4. The van der Waals surface area contributed by atoms with Crippen LogP contribution in [-0.2, 0) is 9.47 Å². The molecule has 0 radical (unpaired) electrons. The van der Waals surface area contributed by atoms with Crippen molar-refractivity contribution in [3.05, 3.63) is 39.4 Å². The smallest absolute Gasteiger partial charge is 0.282 e. The summed E-state index contributed by atoms with van der Waals surface area (Å²) in [6, 6.07) is 4.04. The summed E-state index contributed by atoms with van der Waals surface area (Å²) in [7, 11) is 0. The van der Waals surface area contributed by atoms with Gasteiger partial charge in [-0.3, -0.25) is 24.6 Å². The van der Waals surface area contributed by atoms with Crippen molar-refractivity contribution in [2.45, 2.75) is 19.1 Å². The van der Waals surface area contributed by atoms with E-state index in [2.05, 4.69) is 0 Å². The molecule has 1 aromatic carbocycles. The van der Waals surface area contributed by atoms with Crippen molar-refractivity contribution in [3.63, 3.8) is 0 Å². The first-order valence-corrected chi connectivity index (χ1v) is 6.84. The van der Waals surface area contributed by atoms with Gasteiger partial charge in [0.15, 0.2) is 5.79 Å². The third-order valence-electron chi connectivity index (χ3n) is 3.86. The number of carbonyl (C=O) groups is 2. The van der Waals surface area contributed by atoms with Gasteiger partial charge in [-0.1, -0.05) is 6.07 Å². The largest absolute Gasteiger partial charge is 0.348 e. The molecular weight excluding hydrogens is 292 g/mol. The summed E-state index contributed by atoms with van der Waals surface area (Å²) < 4.78 is 10.9. The van der Waals surface area contributed by atoms with Gasteiger partial charge in [-0.15, -0.1) is 0 Å². The van der Waals surface area contributed by atoms with Crippen LogP contribution in [0.2, 0.25) is 0 Å². The lowest BCUT2D eigenvalue weighted by Gasteiger charge is -2.24. The first-order valence-electron chi connectivity index (χ1n) is 6.84. The van der Waals surface area contributed by atoms with Gasteiger partial charge in [0.05, 0.1) is 23.7 Å². The van der Waals surface area contributed by atoms with Crippen LogP contribution < -0.4 is 0 Å². The van der Waals surface area contributed by atoms with E-state index in [1.165, 1.54) is 18.2 Å². The number of benzene rings is 1. The van der Waals surface area contributed by atoms with Crippen LogP contribution in [-0.4, -0.2) is 47.2 Å². The number of carbonyl (C=O) groups excluding carboxylic acids is 2. The molecule has 0 aliphatic carbocycles. The number of imide groups is 1. The van der Waals surface area contributed by atoms with Gasteiger partial charge in [0, 0.05) is 19.0 Å². The molecule has 1 fully saturated rings. The highest BCUT2D eigenvalue weighted by atomic mass is 16.7. The van der Waals surface area contributed by atoms with Crippen LogP contribution >= 0.6 is 0 Å². The minimum absolute atomic E-state index is 0.0672. The predicted octanol–water partition coefficient (Wildman–Crippen LogP) is 1.34. The fourth-order valence-corrected chi connectivity index (χ4v) is 2.69. The number of fused-ring (bicyclic) bond motifs is 1. The lowest BCUT2D eigenvalue weighted by Crippen LogP contribution is -2.36. The Labute approximate surface area is 125 Å². The quantitative estimate of drug-likeness (QED) is 0.473. The molecular formula is C14H14N2O6. The lowest BCUT2D eigenvalue weighted by molar-refractivity contribution is -0.385. The fraction of sp³-hybridized carbons (Fsp3) is 0.429.